The Bertz CT molecular complexity index is 467. The van der Waals surface area contributed by atoms with Gasteiger partial charge in [-0.25, -0.2) is 13.1 Å². The van der Waals surface area contributed by atoms with Gasteiger partial charge < -0.3 is 5.32 Å². The van der Waals surface area contributed by atoms with Crippen LogP contribution in [0, 0.1) is 5.92 Å². The number of nitrogens with one attached hydrogen (secondary N) is 2. The quantitative estimate of drug-likeness (QED) is 0.823. The SMILES string of the molecule is O=S(=O)(CCc1ccccc1)NCC1CCCNC1. The van der Waals surface area contributed by atoms with Crippen LogP contribution in [0.4, 0.5) is 0 Å². The van der Waals surface area contributed by atoms with Crippen LogP contribution in [0.1, 0.15) is 18.4 Å². The van der Waals surface area contributed by atoms with Gasteiger partial charge in [-0.15, -0.1) is 0 Å². The summed E-state index contributed by atoms with van der Waals surface area (Å²) in [7, 11) is -3.16. The zero-order valence-corrected chi connectivity index (χ0v) is 12.0. The maximum Gasteiger partial charge on any atom is 0.211 e. The molecule has 4 nitrogen and oxygen atoms in total. The number of sulfonamides is 1. The maximum absolute atomic E-state index is 11.9. The second-order valence-corrected chi connectivity index (χ2v) is 7.04. The van der Waals surface area contributed by atoms with E-state index >= 15 is 0 Å². The second kappa shape index (κ2) is 7.03. The molecule has 1 saturated heterocycles. The van der Waals surface area contributed by atoms with Gasteiger partial charge in [0, 0.05) is 6.54 Å². The van der Waals surface area contributed by atoms with Crippen LogP contribution < -0.4 is 10.0 Å². The summed E-state index contributed by atoms with van der Waals surface area (Å²) in [5.74, 6) is 0.595. The average molecular weight is 282 g/mol. The van der Waals surface area contributed by atoms with Gasteiger partial charge in [0.25, 0.3) is 0 Å². The van der Waals surface area contributed by atoms with Gasteiger partial charge in [-0.1, -0.05) is 30.3 Å². The van der Waals surface area contributed by atoms with E-state index < -0.39 is 10.0 Å². The third kappa shape index (κ3) is 5.30. The summed E-state index contributed by atoms with van der Waals surface area (Å²) in [6.45, 7) is 2.53. The first kappa shape index (κ1) is 14.5. The Hall–Kier alpha value is -0.910. The summed E-state index contributed by atoms with van der Waals surface area (Å²) in [6, 6.07) is 9.72. The van der Waals surface area contributed by atoms with Crippen LogP contribution in [0.2, 0.25) is 0 Å². The lowest BCUT2D eigenvalue weighted by Gasteiger charge is -2.22. The van der Waals surface area contributed by atoms with Crippen LogP contribution in [0.25, 0.3) is 0 Å². The predicted octanol–water partition coefficient (Wildman–Crippen LogP) is 1.15. The van der Waals surface area contributed by atoms with Crippen molar-refractivity contribution >= 4 is 10.0 Å². The van der Waals surface area contributed by atoms with Crippen molar-refractivity contribution in [1.82, 2.24) is 10.0 Å². The molecule has 1 unspecified atom stereocenters. The van der Waals surface area contributed by atoms with Crippen molar-refractivity contribution in [2.24, 2.45) is 5.92 Å². The first-order valence-corrected chi connectivity index (χ1v) is 8.53. The summed E-state index contributed by atoms with van der Waals surface area (Å²) in [5.41, 5.74) is 1.06. The number of benzene rings is 1. The highest BCUT2D eigenvalue weighted by molar-refractivity contribution is 7.89. The molecule has 0 aliphatic carbocycles. The van der Waals surface area contributed by atoms with E-state index in [4.69, 9.17) is 0 Å². The van der Waals surface area contributed by atoms with Gasteiger partial charge in [0.2, 0.25) is 10.0 Å². The standard InChI is InChI=1S/C14H22N2O2S/c17-19(18,10-8-13-5-2-1-3-6-13)16-12-14-7-4-9-15-11-14/h1-3,5-6,14-16H,4,7-12H2. The molecule has 19 heavy (non-hydrogen) atoms. The zero-order valence-electron chi connectivity index (χ0n) is 11.1. The molecule has 0 radical (unpaired) electrons. The Labute approximate surface area is 115 Å². The molecule has 2 rings (SSSR count). The molecular formula is C14H22N2O2S. The Kier molecular flexibility index (Phi) is 5.36. The van der Waals surface area contributed by atoms with Crippen LogP contribution in [0.5, 0.6) is 0 Å². The number of piperidine rings is 1. The summed E-state index contributed by atoms with van der Waals surface area (Å²) in [5, 5.41) is 3.29. The van der Waals surface area contributed by atoms with Gasteiger partial charge in [-0.05, 0) is 43.8 Å². The fraction of sp³-hybridized carbons (Fsp3) is 0.571. The minimum Gasteiger partial charge on any atom is -0.316 e. The summed E-state index contributed by atoms with van der Waals surface area (Å²) >= 11 is 0. The molecule has 0 aromatic heterocycles. The van der Waals surface area contributed by atoms with E-state index in [1.807, 2.05) is 30.3 Å². The molecule has 1 aliphatic rings. The molecule has 1 aromatic rings. The molecule has 106 valence electrons. The van der Waals surface area contributed by atoms with Crippen LogP contribution in [0.15, 0.2) is 30.3 Å². The summed E-state index contributed by atoms with van der Waals surface area (Å²) < 4.78 is 26.6. The van der Waals surface area contributed by atoms with Gasteiger partial charge in [-0.3, -0.25) is 0 Å². The molecule has 1 fully saturated rings. The molecule has 0 bridgehead atoms. The molecule has 1 aliphatic heterocycles. The van der Waals surface area contributed by atoms with Crippen LogP contribution in [-0.2, 0) is 16.4 Å². The minimum atomic E-state index is -3.16. The second-order valence-electron chi connectivity index (χ2n) is 5.12. The van der Waals surface area contributed by atoms with E-state index in [9.17, 15) is 8.42 Å². The number of hydrogen-bond donors (Lipinski definition) is 2. The number of hydrogen-bond acceptors (Lipinski definition) is 3. The van der Waals surface area contributed by atoms with E-state index in [0.29, 0.717) is 18.9 Å². The fourth-order valence-corrected chi connectivity index (χ4v) is 3.45. The minimum absolute atomic E-state index is 0.164. The van der Waals surface area contributed by atoms with E-state index in [2.05, 4.69) is 10.0 Å². The largest absolute Gasteiger partial charge is 0.316 e. The number of aryl methyl sites for hydroxylation is 1. The van der Waals surface area contributed by atoms with E-state index in [0.717, 1.165) is 31.5 Å². The van der Waals surface area contributed by atoms with E-state index in [-0.39, 0.29) is 5.75 Å². The highest BCUT2D eigenvalue weighted by Gasteiger charge is 2.16. The highest BCUT2D eigenvalue weighted by atomic mass is 32.2. The first-order chi connectivity index (χ1) is 9.16. The fourth-order valence-electron chi connectivity index (χ4n) is 2.31. The van der Waals surface area contributed by atoms with Crippen molar-refractivity contribution in [2.45, 2.75) is 19.3 Å². The predicted molar refractivity (Wildman–Crippen MR) is 77.5 cm³/mol. The molecule has 0 amide bonds. The van der Waals surface area contributed by atoms with Crippen LogP contribution >= 0.6 is 0 Å². The molecule has 0 spiro atoms. The van der Waals surface area contributed by atoms with Crippen LogP contribution in [0.3, 0.4) is 0 Å². The maximum atomic E-state index is 11.9. The average Bonchev–Trinajstić information content (AvgIpc) is 2.46. The summed E-state index contributed by atoms with van der Waals surface area (Å²) in [6.07, 6.45) is 2.81. The number of rotatable bonds is 6. The van der Waals surface area contributed by atoms with Gasteiger partial charge in [0.15, 0.2) is 0 Å². The third-order valence-corrected chi connectivity index (χ3v) is 4.84. The summed E-state index contributed by atoms with van der Waals surface area (Å²) in [4.78, 5) is 0. The lowest BCUT2D eigenvalue weighted by molar-refractivity contribution is 0.376. The third-order valence-electron chi connectivity index (χ3n) is 3.49. The monoisotopic (exact) mass is 282 g/mol. The van der Waals surface area contributed by atoms with Crippen molar-refractivity contribution in [3.8, 4) is 0 Å². The molecule has 5 heteroatoms. The van der Waals surface area contributed by atoms with Crippen molar-refractivity contribution in [1.29, 1.82) is 0 Å². The van der Waals surface area contributed by atoms with E-state index in [1.54, 1.807) is 0 Å². The molecule has 2 N–H and O–H groups in total. The molecule has 1 atom stereocenters. The Morgan fingerprint density at radius 3 is 2.74 bits per heavy atom. The van der Waals surface area contributed by atoms with Crippen LogP contribution in [-0.4, -0.2) is 33.8 Å². The normalized spacial score (nSPS) is 20.3. The van der Waals surface area contributed by atoms with Gasteiger partial charge >= 0.3 is 0 Å². The Balaban J connectivity index is 1.75. The van der Waals surface area contributed by atoms with E-state index in [1.165, 1.54) is 0 Å². The van der Waals surface area contributed by atoms with Gasteiger partial charge in [-0.2, -0.15) is 0 Å². The Morgan fingerprint density at radius 1 is 1.26 bits per heavy atom. The lowest BCUT2D eigenvalue weighted by atomic mass is 10.0. The lowest BCUT2D eigenvalue weighted by Crippen LogP contribution is -2.39. The molecule has 1 heterocycles. The molecule has 0 saturated carbocycles. The van der Waals surface area contributed by atoms with Crippen molar-refractivity contribution in [3.63, 3.8) is 0 Å². The topological polar surface area (TPSA) is 58.2 Å². The van der Waals surface area contributed by atoms with Gasteiger partial charge in [0.05, 0.1) is 5.75 Å². The first-order valence-electron chi connectivity index (χ1n) is 6.88. The molecular weight excluding hydrogens is 260 g/mol. The molecule has 1 aromatic carbocycles. The van der Waals surface area contributed by atoms with Crippen molar-refractivity contribution in [2.75, 3.05) is 25.4 Å². The smallest absolute Gasteiger partial charge is 0.211 e. The van der Waals surface area contributed by atoms with Crippen molar-refractivity contribution < 1.29 is 8.42 Å². The van der Waals surface area contributed by atoms with Gasteiger partial charge in [0.1, 0.15) is 0 Å². The zero-order chi connectivity index (χ0) is 13.6. The Morgan fingerprint density at radius 2 is 2.05 bits per heavy atom. The highest BCUT2D eigenvalue weighted by Crippen LogP contribution is 2.09. The van der Waals surface area contributed by atoms with Crippen molar-refractivity contribution in [3.05, 3.63) is 35.9 Å².